The predicted octanol–water partition coefficient (Wildman–Crippen LogP) is 1.90. The highest BCUT2D eigenvalue weighted by Gasteiger charge is 2.48. The van der Waals surface area contributed by atoms with Crippen LogP contribution in [0.25, 0.3) is 0 Å². The Hall–Kier alpha value is -1.39. The fourth-order valence-corrected chi connectivity index (χ4v) is 2.51. The van der Waals surface area contributed by atoms with E-state index in [1.54, 1.807) is 6.92 Å². The molecule has 0 spiro atoms. The average Bonchev–Trinajstić information content (AvgIpc) is 2.40. The molecule has 1 heterocycles. The molecule has 0 saturated heterocycles. The highest BCUT2D eigenvalue weighted by molar-refractivity contribution is 5.98. The number of ketones is 1. The first-order valence-electron chi connectivity index (χ1n) is 5.38. The predicted molar refractivity (Wildman–Crippen MR) is 56.1 cm³/mol. The van der Waals surface area contributed by atoms with E-state index in [-0.39, 0.29) is 11.2 Å². The summed E-state index contributed by atoms with van der Waals surface area (Å²) in [6, 6.07) is 0. The Morgan fingerprint density at radius 3 is 2.62 bits per heavy atom. The summed E-state index contributed by atoms with van der Waals surface area (Å²) in [5.41, 5.74) is 0.391. The van der Waals surface area contributed by atoms with Gasteiger partial charge in [0.05, 0.1) is 10.8 Å². The van der Waals surface area contributed by atoms with Crippen molar-refractivity contribution in [2.24, 2.45) is 11.3 Å². The molecule has 0 N–H and O–H groups in total. The van der Waals surface area contributed by atoms with Gasteiger partial charge in [-0.15, -0.1) is 0 Å². The van der Waals surface area contributed by atoms with Gasteiger partial charge in [0.2, 0.25) is 0 Å². The zero-order chi connectivity index (χ0) is 12.1. The highest BCUT2D eigenvalue weighted by Crippen LogP contribution is 2.44. The van der Waals surface area contributed by atoms with Crippen molar-refractivity contribution < 1.29 is 14.5 Å². The highest BCUT2D eigenvalue weighted by atomic mass is 16.7. The molecule has 5 heteroatoms. The molecule has 0 aromatic heterocycles. The average molecular weight is 225 g/mol. The smallest absolute Gasteiger partial charge is 0.360 e. The zero-order valence-corrected chi connectivity index (χ0v) is 9.65. The van der Waals surface area contributed by atoms with Gasteiger partial charge < -0.3 is 4.74 Å². The van der Waals surface area contributed by atoms with Crippen molar-refractivity contribution in [2.45, 2.75) is 39.8 Å². The van der Waals surface area contributed by atoms with Crippen molar-refractivity contribution >= 4 is 5.78 Å². The first-order chi connectivity index (χ1) is 7.32. The summed E-state index contributed by atoms with van der Waals surface area (Å²) in [6.07, 6.45) is -0.0185. The molecule has 1 aliphatic heterocycles. The molecule has 0 amide bonds. The maximum absolute atomic E-state index is 11.9. The lowest BCUT2D eigenvalue weighted by Gasteiger charge is -2.28. The van der Waals surface area contributed by atoms with Gasteiger partial charge in [-0.05, 0) is 12.3 Å². The molecular weight excluding hydrogens is 210 g/mol. The minimum atomic E-state index is -1.08. The van der Waals surface area contributed by atoms with Gasteiger partial charge in [0.1, 0.15) is 5.76 Å². The maximum Gasteiger partial charge on any atom is 0.360 e. The fraction of sp³-hybridized carbons (Fsp3) is 0.727. The van der Waals surface area contributed by atoms with Crippen molar-refractivity contribution in [2.75, 3.05) is 0 Å². The summed E-state index contributed by atoms with van der Waals surface area (Å²) < 4.78 is 5.30. The van der Waals surface area contributed by atoms with Crippen LogP contribution in [0.2, 0.25) is 0 Å². The normalized spacial score (nSPS) is 32.3. The molecule has 0 fully saturated rings. The Bertz CT molecular complexity index is 397. The second-order valence-electron chi connectivity index (χ2n) is 5.36. The molecule has 2 atom stereocenters. The molecule has 0 aromatic carbocycles. The van der Waals surface area contributed by atoms with Crippen LogP contribution in [0.15, 0.2) is 11.3 Å². The second-order valence-corrected chi connectivity index (χ2v) is 5.36. The maximum atomic E-state index is 11.9. The zero-order valence-electron chi connectivity index (χ0n) is 9.65. The number of ether oxygens (including phenoxy) is 1. The molecule has 0 saturated carbocycles. The van der Waals surface area contributed by atoms with Crippen LogP contribution in [0, 0.1) is 21.4 Å². The van der Waals surface area contributed by atoms with Crippen molar-refractivity contribution in [1.29, 1.82) is 0 Å². The molecule has 0 unspecified atom stereocenters. The van der Waals surface area contributed by atoms with Crippen LogP contribution < -0.4 is 0 Å². The number of carbonyl (C=O) groups excluding carboxylic acids is 1. The van der Waals surface area contributed by atoms with E-state index in [4.69, 9.17) is 4.74 Å². The van der Waals surface area contributed by atoms with Gasteiger partial charge in [0.15, 0.2) is 5.78 Å². The summed E-state index contributed by atoms with van der Waals surface area (Å²) in [6.45, 7) is 5.64. The van der Waals surface area contributed by atoms with Crippen molar-refractivity contribution in [1.82, 2.24) is 0 Å². The van der Waals surface area contributed by atoms with E-state index in [1.807, 2.05) is 13.8 Å². The topological polar surface area (TPSA) is 69.4 Å². The number of hydrogen-bond donors (Lipinski definition) is 0. The standard InChI is InChI=1S/C11H15NO4/c1-6-9-7(13)4-11(2,3)5-8(9)16-10(6)12(14)15/h6,10H,4-5H2,1-3H3/t6-,10+/m0/s1. The van der Waals surface area contributed by atoms with Crippen LogP contribution in [0.1, 0.15) is 33.6 Å². The van der Waals surface area contributed by atoms with Gasteiger partial charge in [-0.3, -0.25) is 14.9 Å². The van der Waals surface area contributed by atoms with E-state index in [1.165, 1.54) is 0 Å². The van der Waals surface area contributed by atoms with Crippen LogP contribution >= 0.6 is 0 Å². The Morgan fingerprint density at radius 2 is 2.06 bits per heavy atom. The van der Waals surface area contributed by atoms with Crippen LogP contribution in [0.3, 0.4) is 0 Å². The lowest BCUT2D eigenvalue weighted by Crippen LogP contribution is -2.28. The molecular formula is C11H15NO4. The molecule has 0 bridgehead atoms. The summed E-state index contributed by atoms with van der Waals surface area (Å²) >= 11 is 0. The molecule has 5 nitrogen and oxygen atoms in total. The third-order valence-electron chi connectivity index (χ3n) is 3.23. The van der Waals surface area contributed by atoms with Gasteiger partial charge in [0.25, 0.3) is 0 Å². The van der Waals surface area contributed by atoms with E-state index < -0.39 is 17.1 Å². The van der Waals surface area contributed by atoms with Crippen molar-refractivity contribution in [3.63, 3.8) is 0 Å². The number of hydrogen-bond acceptors (Lipinski definition) is 4. The summed E-state index contributed by atoms with van der Waals surface area (Å²) in [4.78, 5) is 22.2. The SMILES string of the molecule is C[C@H]1C2=C(CC(C)(C)CC2=O)O[C@H]1[N+](=O)[O-]. The minimum absolute atomic E-state index is 0.00287. The first-order valence-corrected chi connectivity index (χ1v) is 5.38. The lowest BCUT2D eigenvalue weighted by atomic mass is 9.75. The van der Waals surface area contributed by atoms with Crippen LogP contribution in [-0.4, -0.2) is 16.9 Å². The Morgan fingerprint density at radius 1 is 1.44 bits per heavy atom. The number of nitro groups is 1. The largest absolute Gasteiger partial charge is 0.434 e. The molecule has 0 aromatic rings. The van der Waals surface area contributed by atoms with E-state index in [2.05, 4.69) is 0 Å². The second kappa shape index (κ2) is 3.30. The van der Waals surface area contributed by atoms with E-state index in [9.17, 15) is 14.9 Å². The van der Waals surface area contributed by atoms with Gasteiger partial charge in [-0.1, -0.05) is 13.8 Å². The molecule has 16 heavy (non-hydrogen) atoms. The molecule has 1 aliphatic carbocycles. The fourth-order valence-electron chi connectivity index (χ4n) is 2.51. The number of carbonyl (C=O) groups is 1. The quantitative estimate of drug-likeness (QED) is 0.504. The summed E-state index contributed by atoms with van der Waals surface area (Å²) in [7, 11) is 0. The van der Waals surface area contributed by atoms with E-state index in [0.29, 0.717) is 24.2 Å². The van der Waals surface area contributed by atoms with Crippen LogP contribution in [0.5, 0.6) is 0 Å². The van der Waals surface area contributed by atoms with Gasteiger partial charge in [0, 0.05) is 18.4 Å². The van der Waals surface area contributed by atoms with Gasteiger partial charge >= 0.3 is 6.23 Å². The summed E-state index contributed by atoms with van der Waals surface area (Å²) in [5.74, 6) is 0.118. The third kappa shape index (κ3) is 1.60. The van der Waals surface area contributed by atoms with Gasteiger partial charge in [-0.25, -0.2) is 0 Å². The van der Waals surface area contributed by atoms with Crippen LogP contribution in [0.4, 0.5) is 0 Å². The Balaban J connectivity index is 2.33. The lowest BCUT2D eigenvalue weighted by molar-refractivity contribution is -0.574. The Kier molecular flexibility index (Phi) is 2.29. The molecule has 2 rings (SSSR count). The van der Waals surface area contributed by atoms with Crippen molar-refractivity contribution in [3.8, 4) is 0 Å². The molecule has 2 aliphatic rings. The van der Waals surface area contributed by atoms with E-state index in [0.717, 1.165) is 0 Å². The number of nitrogens with zero attached hydrogens (tertiary/aromatic N) is 1. The monoisotopic (exact) mass is 225 g/mol. The summed E-state index contributed by atoms with van der Waals surface area (Å²) in [5, 5.41) is 10.8. The number of allylic oxidation sites excluding steroid dienone is 1. The Labute approximate surface area is 93.6 Å². The number of Topliss-reactive ketones (excluding diaryl/α,β-unsaturated/α-hetero) is 1. The van der Waals surface area contributed by atoms with Gasteiger partial charge in [-0.2, -0.15) is 0 Å². The third-order valence-corrected chi connectivity index (χ3v) is 3.23. The minimum Gasteiger partial charge on any atom is -0.434 e. The molecule has 0 radical (unpaired) electrons. The van der Waals surface area contributed by atoms with Crippen molar-refractivity contribution in [3.05, 3.63) is 21.4 Å². The van der Waals surface area contributed by atoms with E-state index >= 15 is 0 Å². The number of rotatable bonds is 1. The first kappa shape index (κ1) is 11.1. The van der Waals surface area contributed by atoms with Crippen LogP contribution in [-0.2, 0) is 9.53 Å². The molecule has 88 valence electrons.